The summed E-state index contributed by atoms with van der Waals surface area (Å²) in [6, 6.07) is 6.58. The van der Waals surface area contributed by atoms with Gasteiger partial charge in [0.2, 0.25) is 0 Å². The van der Waals surface area contributed by atoms with E-state index in [9.17, 15) is 4.39 Å². The first-order valence-corrected chi connectivity index (χ1v) is 6.15. The van der Waals surface area contributed by atoms with Gasteiger partial charge in [-0.3, -0.25) is 0 Å². The molecule has 0 saturated carbocycles. The van der Waals surface area contributed by atoms with Gasteiger partial charge in [-0.15, -0.1) is 0 Å². The summed E-state index contributed by atoms with van der Waals surface area (Å²) in [4.78, 5) is 0. The molecule has 4 heteroatoms. The highest BCUT2D eigenvalue weighted by atomic mass is 79.9. The standard InChI is InChI=1S/C11H9BrFNS/c12-10-8(2-1-3-9(10)13)11(14)7-4-5-15-6-7/h1-6,11H,14H2/t11-/m1/s1. The Morgan fingerprint density at radius 2 is 2.13 bits per heavy atom. The monoisotopic (exact) mass is 285 g/mol. The summed E-state index contributed by atoms with van der Waals surface area (Å²) in [6.07, 6.45) is 0. The Balaban J connectivity index is 2.42. The van der Waals surface area contributed by atoms with Crippen LogP contribution in [0, 0.1) is 5.82 Å². The highest BCUT2D eigenvalue weighted by Crippen LogP contribution is 2.29. The van der Waals surface area contributed by atoms with Gasteiger partial charge >= 0.3 is 0 Å². The van der Waals surface area contributed by atoms with Crippen LogP contribution < -0.4 is 5.73 Å². The fourth-order valence-electron chi connectivity index (χ4n) is 1.39. The average molecular weight is 286 g/mol. The fourth-order valence-corrected chi connectivity index (χ4v) is 2.60. The second-order valence-electron chi connectivity index (χ2n) is 3.18. The number of hydrogen-bond donors (Lipinski definition) is 1. The summed E-state index contributed by atoms with van der Waals surface area (Å²) in [6.45, 7) is 0. The summed E-state index contributed by atoms with van der Waals surface area (Å²) in [7, 11) is 0. The van der Waals surface area contributed by atoms with Crippen LogP contribution in [0.15, 0.2) is 39.5 Å². The van der Waals surface area contributed by atoms with Crippen molar-refractivity contribution in [2.45, 2.75) is 6.04 Å². The highest BCUT2D eigenvalue weighted by molar-refractivity contribution is 9.10. The molecule has 0 radical (unpaired) electrons. The first-order chi connectivity index (χ1) is 7.20. The Bertz CT molecular complexity index is 456. The number of benzene rings is 1. The van der Waals surface area contributed by atoms with Crippen LogP contribution in [0.3, 0.4) is 0 Å². The molecule has 0 aliphatic heterocycles. The van der Waals surface area contributed by atoms with Crippen LogP contribution in [0.25, 0.3) is 0 Å². The molecule has 1 aromatic heterocycles. The lowest BCUT2D eigenvalue weighted by Gasteiger charge is -2.12. The van der Waals surface area contributed by atoms with Crippen LogP contribution in [0.1, 0.15) is 17.2 Å². The van der Waals surface area contributed by atoms with Gasteiger partial charge in [-0.25, -0.2) is 4.39 Å². The van der Waals surface area contributed by atoms with Crippen molar-refractivity contribution in [2.24, 2.45) is 5.73 Å². The van der Waals surface area contributed by atoms with Gasteiger partial charge in [0.15, 0.2) is 0 Å². The van der Waals surface area contributed by atoms with E-state index < -0.39 is 0 Å². The van der Waals surface area contributed by atoms with Crippen molar-refractivity contribution in [3.63, 3.8) is 0 Å². The molecular weight excluding hydrogens is 277 g/mol. The van der Waals surface area contributed by atoms with Crippen molar-refractivity contribution in [1.82, 2.24) is 0 Å². The summed E-state index contributed by atoms with van der Waals surface area (Å²) >= 11 is 4.80. The minimum Gasteiger partial charge on any atom is -0.320 e. The molecule has 0 unspecified atom stereocenters. The second-order valence-corrected chi connectivity index (χ2v) is 4.75. The fraction of sp³-hybridized carbons (Fsp3) is 0.0909. The summed E-state index contributed by atoms with van der Waals surface area (Å²) in [5, 5.41) is 3.93. The Kier molecular flexibility index (Phi) is 3.19. The molecule has 1 aromatic carbocycles. The largest absolute Gasteiger partial charge is 0.320 e. The maximum absolute atomic E-state index is 13.3. The van der Waals surface area contributed by atoms with E-state index in [1.807, 2.05) is 22.9 Å². The van der Waals surface area contributed by atoms with Crippen molar-refractivity contribution in [1.29, 1.82) is 0 Å². The molecule has 2 aromatic rings. The zero-order valence-electron chi connectivity index (χ0n) is 7.78. The van der Waals surface area contributed by atoms with Crippen LogP contribution in [0.4, 0.5) is 4.39 Å². The summed E-state index contributed by atoms with van der Waals surface area (Å²) < 4.78 is 13.7. The van der Waals surface area contributed by atoms with E-state index in [1.54, 1.807) is 17.4 Å². The third-order valence-corrected chi connectivity index (χ3v) is 3.76. The van der Waals surface area contributed by atoms with Gasteiger partial charge in [0, 0.05) is 0 Å². The van der Waals surface area contributed by atoms with E-state index in [-0.39, 0.29) is 11.9 Å². The highest BCUT2D eigenvalue weighted by Gasteiger charge is 2.14. The summed E-state index contributed by atoms with van der Waals surface area (Å²) in [5.74, 6) is -0.279. The molecule has 0 fully saturated rings. The maximum Gasteiger partial charge on any atom is 0.137 e. The SMILES string of the molecule is N[C@H](c1ccsc1)c1cccc(F)c1Br. The number of hydrogen-bond acceptors (Lipinski definition) is 2. The average Bonchev–Trinajstić information content (AvgIpc) is 2.74. The molecule has 0 spiro atoms. The van der Waals surface area contributed by atoms with Crippen molar-refractivity contribution in [2.75, 3.05) is 0 Å². The molecule has 2 rings (SSSR count). The van der Waals surface area contributed by atoms with E-state index in [4.69, 9.17) is 5.73 Å². The van der Waals surface area contributed by atoms with Crippen molar-refractivity contribution >= 4 is 27.3 Å². The molecule has 1 nitrogen and oxygen atoms in total. The molecule has 0 aliphatic rings. The van der Waals surface area contributed by atoms with Crippen molar-refractivity contribution in [3.05, 3.63) is 56.4 Å². The number of halogens is 2. The third kappa shape index (κ3) is 2.12. The van der Waals surface area contributed by atoms with E-state index in [0.29, 0.717) is 4.47 Å². The molecule has 1 atom stereocenters. The Morgan fingerprint density at radius 3 is 2.80 bits per heavy atom. The molecule has 15 heavy (non-hydrogen) atoms. The minimum absolute atomic E-state index is 0.277. The molecule has 1 heterocycles. The van der Waals surface area contributed by atoms with E-state index in [1.165, 1.54) is 6.07 Å². The maximum atomic E-state index is 13.3. The van der Waals surface area contributed by atoms with E-state index in [2.05, 4.69) is 15.9 Å². The summed E-state index contributed by atoms with van der Waals surface area (Å²) in [5.41, 5.74) is 7.82. The van der Waals surface area contributed by atoms with Crippen molar-refractivity contribution < 1.29 is 4.39 Å². The van der Waals surface area contributed by atoms with Crippen LogP contribution in [-0.2, 0) is 0 Å². The van der Waals surface area contributed by atoms with E-state index >= 15 is 0 Å². The smallest absolute Gasteiger partial charge is 0.137 e. The van der Waals surface area contributed by atoms with Gasteiger partial charge in [0.1, 0.15) is 5.82 Å². The lowest BCUT2D eigenvalue weighted by molar-refractivity contribution is 0.616. The van der Waals surface area contributed by atoms with Gasteiger partial charge in [-0.1, -0.05) is 12.1 Å². The second kappa shape index (κ2) is 4.43. The number of nitrogens with two attached hydrogens (primary N) is 1. The van der Waals surface area contributed by atoms with Gasteiger partial charge in [-0.2, -0.15) is 11.3 Å². The zero-order valence-corrected chi connectivity index (χ0v) is 10.2. The molecule has 0 saturated heterocycles. The van der Waals surface area contributed by atoms with Crippen LogP contribution >= 0.6 is 27.3 Å². The van der Waals surface area contributed by atoms with Gasteiger partial charge < -0.3 is 5.73 Å². The molecule has 0 amide bonds. The topological polar surface area (TPSA) is 26.0 Å². The Hall–Kier alpha value is -0.710. The Morgan fingerprint density at radius 1 is 1.33 bits per heavy atom. The van der Waals surface area contributed by atoms with Gasteiger partial charge in [0.05, 0.1) is 10.5 Å². The predicted octanol–water partition coefficient (Wildman–Crippen LogP) is 3.70. The third-order valence-electron chi connectivity index (χ3n) is 2.22. The first kappa shape index (κ1) is 10.8. The molecule has 78 valence electrons. The molecular formula is C11H9BrFNS. The van der Waals surface area contributed by atoms with Crippen LogP contribution in [-0.4, -0.2) is 0 Å². The van der Waals surface area contributed by atoms with E-state index in [0.717, 1.165) is 11.1 Å². The predicted molar refractivity (Wildman–Crippen MR) is 64.4 cm³/mol. The van der Waals surface area contributed by atoms with Crippen molar-refractivity contribution in [3.8, 4) is 0 Å². The first-order valence-electron chi connectivity index (χ1n) is 4.41. The molecule has 2 N–H and O–H groups in total. The zero-order chi connectivity index (χ0) is 10.8. The van der Waals surface area contributed by atoms with Crippen LogP contribution in [0.2, 0.25) is 0 Å². The Labute approximate surface area is 99.9 Å². The normalized spacial score (nSPS) is 12.7. The molecule has 0 aliphatic carbocycles. The number of rotatable bonds is 2. The molecule has 0 bridgehead atoms. The van der Waals surface area contributed by atoms with Gasteiger partial charge in [0.25, 0.3) is 0 Å². The lowest BCUT2D eigenvalue weighted by Crippen LogP contribution is -2.11. The van der Waals surface area contributed by atoms with Gasteiger partial charge in [-0.05, 0) is 49.9 Å². The number of thiophene rings is 1. The lowest BCUT2D eigenvalue weighted by atomic mass is 10.0. The van der Waals surface area contributed by atoms with Crippen LogP contribution in [0.5, 0.6) is 0 Å². The minimum atomic E-state index is -0.279. The quantitative estimate of drug-likeness (QED) is 0.895.